The van der Waals surface area contributed by atoms with Crippen LogP contribution in [-0.2, 0) is 22.5 Å². The molecule has 8 nitrogen and oxygen atoms in total. The third-order valence-corrected chi connectivity index (χ3v) is 6.93. The van der Waals surface area contributed by atoms with E-state index in [1.165, 1.54) is 0 Å². The summed E-state index contributed by atoms with van der Waals surface area (Å²) in [6.07, 6.45) is 1.21. The molecule has 1 aliphatic rings. The maximum atomic E-state index is 12.7. The lowest BCUT2D eigenvalue weighted by Gasteiger charge is -2.18. The molecule has 4 aromatic rings. The number of amides is 1. The van der Waals surface area contributed by atoms with Crippen molar-refractivity contribution in [3.8, 4) is 22.6 Å². The minimum absolute atomic E-state index is 0.102. The summed E-state index contributed by atoms with van der Waals surface area (Å²) >= 11 is 0. The molecule has 5 rings (SSSR count). The van der Waals surface area contributed by atoms with Gasteiger partial charge in [0.2, 0.25) is 0 Å². The van der Waals surface area contributed by atoms with Crippen LogP contribution in [-0.4, -0.2) is 48.1 Å². The van der Waals surface area contributed by atoms with E-state index in [9.17, 15) is 14.7 Å². The lowest BCUT2D eigenvalue weighted by atomic mass is 9.98. The maximum Gasteiger partial charge on any atom is 0.407 e. The van der Waals surface area contributed by atoms with E-state index in [2.05, 4.69) is 17.4 Å². The Hall–Kier alpha value is -4.72. The van der Waals surface area contributed by atoms with E-state index in [1.807, 2.05) is 83.6 Å². The van der Waals surface area contributed by atoms with Crippen molar-refractivity contribution >= 4 is 12.1 Å². The van der Waals surface area contributed by atoms with Gasteiger partial charge in [-0.05, 0) is 58.7 Å². The van der Waals surface area contributed by atoms with Gasteiger partial charge in [0.05, 0.1) is 13.7 Å². The van der Waals surface area contributed by atoms with Crippen molar-refractivity contribution in [2.45, 2.75) is 24.9 Å². The number of carboxylic acids is 1. The van der Waals surface area contributed by atoms with Crippen LogP contribution in [0.1, 0.15) is 22.7 Å². The number of nitrogens with one attached hydrogen (secondary N) is 1. The first-order chi connectivity index (χ1) is 19.0. The number of ether oxygens (including phenoxy) is 3. The Kier molecular flexibility index (Phi) is 7.82. The molecular weight excluding hydrogens is 496 g/mol. The number of fused-ring (bicyclic) bond motifs is 3. The zero-order valence-electron chi connectivity index (χ0n) is 21.6. The smallest absolute Gasteiger partial charge is 0.407 e. The molecule has 1 amide bonds. The van der Waals surface area contributed by atoms with Crippen molar-refractivity contribution in [1.29, 1.82) is 0 Å². The molecule has 2 N–H and O–H groups in total. The fourth-order valence-corrected chi connectivity index (χ4v) is 4.98. The second-order valence-electron chi connectivity index (χ2n) is 9.28. The highest BCUT2D eigenvalue weighted by Gasteiger charge is 2.30. The summed E-state index contributed by atoms with van der Waals surface area (Å²) < 4.78 is 18.4. The summed E-state index contributed by atoms with van der Waals surface area (Å²) in [6, 6.07) is 25.9. The Balaban J connectivity index is 1.17. The Morgan fingerprint density at radius 1 is 0.897 bits per heavy atom. The summed E-state index contributed by atoms with van der Waals surface area (Å²) in [6.45, 7) is 1.03. The van der Waals surface area contributed by atoms with Crippen LogP contribution in [0, 0.1) is 0 Å². The van der Waals surface area contributed by atoms with Crippen LogP contribution in [0.3, 0.4) is 0 Å². The second kappa shape index (κ2) is 11.8. The van der Waals surface area contributed by atoms with Crippen molar-refractivity contribution in [2.24, 2.45) is 0 Å². The fourth-order valence-electron chi connectivity index (χ4n) is 4.98. The van der Waals surface area contributed by atoms with Crippen LogP contribution >= 0.6 is 0 Å². The van der Waals surface area contributed by atoms with Gasteiger partial charge < -0.3 is 29.2 Å². The lowest BCUT2D eigenvalue weighted by molar-refractivity contribution is -0.139. The van der Waals surface area contributed by atoms with Crippen LogP contribution in [0.2, 0.25) is 0 Å². The third-order valence-electron chi connectivity index (χ3n) is 6.93. The number of alkyl carbamates (subject to hydrolysis) is 1. The lowest BCUT2D eigenvalue weighted by Crippen LogP contribution is -2.43. The molecule has 1 heterocycles. The Labute approximate surface area is 226 Å². The fraction of sp³-hybridized carbons (Fsp3) is 0.226. The molecular formula is C31H30N2O6. The summed E-state index contributed by atoms with van der Waals surface area (Å²) in [5.74, 6) is 0.226. The van der Waals surface area contributed by atoms with Gasteiger partial charge in [-0.2, -0.15) is 0 Å². The molecule has 1 aliphatic carbocycles. The van der Waals surface area contributed by atoms with Crippen LogP contribution in [0.5, 0.6) is 11.5 Å². The van der Waals surface area contributed by atoms with E-state index in [-0.39, 0.29) is 18.9 Å². The molecule has 0 bridgehead atoms. The van der Waals surface area contributed by atoms with E-state index in [4.69, 9.17) is 14.2 Å². The molecule has 39 heavy (non-hydrogen) atoms. The molecule has 1 aromatic heterocycles. The van der Waals surface area contributed by atoms with Gasteiger partial charge in [-0.15, -0.1) is 0 Å². The molecule has 8 heteroatoms. The van der Waals surface area contributed by atoms with Gasteiger partial charge in [0.1, 0.15) is 30.8 Å². The number of hydrogen-bond donors (Lipinski definition) is 2. The molecule has 0 saturated heterocycles. The Bertz CT molecular complexity index is 1400. The number of rotatable bonds is 11. The number of carboxylic acid groups (broad SMARTS) is 1. The average Bonchev–Trinajstić information content (AvgIpc) is 3.53. The predicted molar refractivity (Wildman–Crippen MR) is 146 cm³/mol. The number of methoxy groups -OCH3 is 1. The highest BCUT2D eigenvalue weighted by atomic mass is 16.5. The molecule has 1 unspecified atom stereocenters. The molecule has 0 spiro atoms. The zero-order chi connectivity index (χ0) is 27.2. The minimum atomic E-state index is -1.14. The predicted octanol–water partition coefficient (Wildman–Crippen LogP) is 5.11. The summed E-state index contributed by atoms with van der Waals surface area (Å²) in [5.41, 5.74) is 5.20. The summed E-state index contributed by atoms with van der Waals surface area (Å²) in [7, 11) is 1.61. The van der Waals surface area contributed by atoms with Gasteiger partial charge in [-0.3, -0.25) is 0 Å². The molecule has 0 saturated carbocycles. The van der Waals surface area contributed by atoms with Crippen LogP contribution in [0.25, 0.3) is 11.1 Å². The van der Waals surface area contributed by atoms with Crippen molar-refractivity contribution in [3.05, 3.63) is 108 Å². The number of aromatic nitrogens is 1. The van der Waals surface area contributed by atoms with Crippen LogP contribution in [0.15, 0.2) is 91.1 Å². The SMILES string of the molecule is COc1ccc(OCCn2cccc2CC(NC(=O)OCC2c3ccccc3-c3ccccc32)C(=O)O)cc1. The van der Waals surface area contributed by atoms with Crippen LogP contribution < -0.4 is 14.8 Å². The molecule has 0 aliphatic heterocycles. The van der Waals surface area contributed by atoms with Gasteiger partial charge in [0.15, 0.2) is 0 Å². The van der Waals surface area contributed by atoms with E-state index in [1.54, 1.807) is 7.11 Å². The topological polar surface area (TPSA) is 99.0 Å². The molecule has 0 fully saturated rings. The van der Waals surface area contributed by atoms with Crippen molar-refractivity contribution in [2.75, 3.05) is 20.3 Å². The largest absolute Gasteiger partial charge is 0.497 e. The van der Waals surface area contributed by atoms with Crippen LogP contribution in [0.4, 0.5) is 4.79 Å². The first kappa shape index (κ1) is 25.9. The van der Waals surface area contributed by atoms with Crippen molar-refractivity contribution < 1.29 is 28.9 Å². The van der Waals surface area contributed by atoms with Gasteiger partial charge in [-0.1, -0.05) is 48.5 Å². The maximum absolute atomic E-state index is 12.7. The normalized spacial score (nSPS) is 12.7. The number of benzene rings is 3. The summed E-state index contributed by atoms with van der Waals surface area (Å²) in [4.78, 5) is 24.7. The molecule has 0 radical (unpaired) electrons. The van der Waals surface area contributed by atoms with Gasteiger partial charge in [0.25, 0.3) is 0 Å². The van der Waals surface area contributed by atoms with Crippen molar-refractivity contribution in [1.82, 2.24) is 9.88 Å². The molecule has 1 atom stereocenters. The Morgan fingerprint density at radius 3 is 2.18 bits per heavy atom. The monoisotopic (exact) mass is 526 g/mol. The highest BCUT2D eigenvalue weighted by molar-refractivity contribution is 5.81. The molecule has 3 aromatic carbocycles. The molecule has 200 valence electrons. The van der Waals surface area contributed by atoms with Gasteiger partial charge >= 0.3 is 12.1 Å². The van der Waals surface area contributed by atoms with Crippen molar-refractivity contribution in [3.63, 3.8) is 0 Å². The van der Waals surface area contributed by atoms with Gasteiger partial charge in [-0.25, -0.2) is 9.59 Å². The van der Waals surface area contributed by atoms with E-state index >= 15 is 0 Å². The second-order valence-corrected chi connectivity index (χ2v) is 9.28. The number of carbonyl (C=O) groups is 2. The number of carbonyl (C=O) groups excluding carboxylic acids is 1. The van der Waals surface area contributed by atoms with E-state index < -0.39 is 18.1 Å². The standard InChI is InChI=1S/C31H30N2O6/c1-37-22-12-14-23(15-13-22)38-18-17-33-16-6-7-21(33)19-29(30(34)35)32-31(36)39-20-28-26-10-4-2-8-24(26)25-9-3-5-11-27(25)28/h2-16,28-29H,17-20H2,1H3,(H,32,36)(H,34,35). The number of hydrogen-bond acceptors (Lipinski definition) is 5. The van der Waals surface area contributed by atoms with E-state index in [0.29, 0.717) is 18.9 Å². The summed E-state index contributed by atoms with van der Waals surface area (Å²) in [5, 5.41) is 12.3. The first-order valence-electron chi connectivity index (χ1n) is 12.8. The minimum Gasteiger partial charge on any atom is -0.497 e. The van der Waals surface area contributed by atoms with Gasteiger partial charge in [0, 0.05) is 24.2 Å². The highest BCUT2D eigenvalue weighted by Crippen LogP contribution is 2.44. The zero-order valence-corrected chi connectivity index (χ0v) is 21.6. The first-order valence-corrected chi connectivity index (χ1v) is 12.8. The van der Waals surface area contributed by atoms with E-state index in [0.717, 1.165) is 33.7 Å². The average molecular weight is 527 g/mol. The number of aliphatic carboxylic acids is 1. The Morgan fingerprint density at radius 2 is 1.54 bits per heavy atom. The number of nitrogens with zero attached hydrogens (tertiary/aromatic N) is 1. The quantitative estimate of drug-likeness (QED) is 0.282. The third kappa shape index (κ3) is 5.90.